The van der Waals surface area contributed by atoms with Crippen LogP contribution >= 0.6 is 11.6 Å². The first kappa shape index (κ1) is 21.3. The number of esters is 1. The highest BCUT2D eigenvalue weighted by atomic mass is 35.5. The highest BCUT2D eigenvalue weighted by Crippen LogP contribution is 2.25. The third kappa shape index (κ3) is 5.24. The lowest BCUT2D eigenvalue weighted by atomic mass is 10.1. The molecule has 5 nitrogen and oxygen atoms in total. The zero-order chi connectivity index (χ0) is 21.6. The van der Waals surface area contributed by atoms with Crippen LogP contribution in [-0.2, 0) is 11.3 Å². The fraction of sp³-hybridized carbons (Fsp3) is 0.280. The van der Waals surface area contributed by atoms with Gasteiger partial charge in [0.05, 0.1) is 17.9 Å². The van der Waals surface area contributed by atoms with E-state index in [4.69, 9.17) is 16.3 Å². The molecule has 0 spiro atoms. The van der Waals surface area contributed by atoms with Crippen molar-refractivity contribution < 1.29 is 9.53 Å². The van der Waals surface area contributed by atoms with E-state index < -0.39 is 0 Å². The van der Waals surface area contributed by atoms with Crippen molar-refractivity contribution in [3.05, 3.63) is 83.0 Å². The van der Waals surface area contributed by atoms with Crippen molar-refractivity contribution in [3.63, 3.8) is 0 Å². The van der Waals surface area contributed by atoms with Crippen LogP contribution in [0.1, 0.15) is 22.8 Å². The van der Waals surface area contributed by atoms with Gasteiger partial charge in [-0.15, -0.1) is 0 Å². The largest absolute Gasteiger partial charge is 0.462 e. The molecular formula is C25H26ClN3O2. The number of aromatic nitrogens is 1. The molecule has 160 valence electrons. The van der Waals surface area contributed by atoms with Gasteiger partial charge in [0.15, 0.2) is 0 Å². The lowest BCUT2D eigenvalue weighted by molar-refractivity contribution is 0.0526. The average Bonchev–Trinajstić information content (AvgIpc) is 2.81. The van der Waals surface area contributed by atoms with Crippen LogP contribution in [0.15, 0.2) is 66.9 Å². The van der Waals surface area contributed by atoms with Crippen molar-refractivity contribution in [1.82, 2.24) is 9.88 Å². The molecule has 1 aromatic heterocycles. The summed E-state index contributed by atoms with van der Waals surface area (Å²) in [5.41, 5.74) is 5.04. The van der Waals surface area contributed by atoms with Gasteiger partial charge in [0.2, 0.25) is 0 Å². The lowest BCUT2D eigenvalue weighted by Crippen LogP contribution is -2.46. The van der Waals surface area contributed by atoms with E-state index in [1.54, 1.807) is 0 Å². The van der Waals surface area contributed by atoms with Crippen molar-refractivity contribution in [3.8, 4) is 11.3 Å². The number of piperazine rings is 1. The third-order valence-electron chi connectivity index (χ3n) is 5.52. The standard InChI is InChI=1S/C25H26ClN3O2/c1-2-31-25(30)20-7-11-23(12-8-20)29-16-14-28(15-17-29)18-21-4-3-13-27-24(21)19-5-9-22(26)10-6-19/h3-13H,2,14-18H2,1H3. The topological polar surface area (TPSA) is 45.7 Å². The van der Waals surface area contributed by atoms with E-state index in [1.165, 1.54) is 5.56 Å². The molecule has 0 atom stereocenters. The summed E-state index contributed by atoms with van der Waals surface area (Å²) in [5, 5.41) is 0.729. The van der Waals surface area contributed by atoms with E-state index in [0.717, 1.165) is 54.7 Å². The molecule has 6 heteroatoms. The van der Waals surface area contributed by atoms with Gasteiger partial charge in [0.1, 0.15) is 0 Å². The molecule has 31 heavy (non-hydrogen) atoms. The minimum absolute atomic E-state index is 0.271. The molecule has 1 saturated heterocycles. The summed E-state index contributed by atoms with van der Waals surface area (Å²) < 4.78 is 5.06. The first-order valence-corrected chi connectivity index (χ1v) is 11.0. The van der Waals surface area contributed by atoms with Crippen LogP contribution in [-0.4, -0.2) is 48.6 Å². The van der Waals surface area contributed by atoms with Gasteiger partial charge >= 0.3 is 5.97 Å². The van der Waals surface area contributed by atoms with Crippen LogP contribution in [0.3, 0.4) is 0 Å². The summed E-state index contributed by atoms with van der Waals surface area (Å²) in [6.07, 6.45) is 1.84. The number of hydrogen-bond acceptors (Lipinski definition) is 5. The second-order valence-electron chi connectivity index (χ2n) is 7.55. The minimum Gasteiger partial charge on any atom is -0.462 e. The summed E-state index contributed by atoms with van der Waals surface area (Å²) in [6.45, 7) is 6.88. The smallest absolute Gasteiger partial charge is 0.338 e. The van der Waals surface area contributed by atoms with Gasteiger partial charge in [-0.2, -0.15) is 0 Å². The molecule has 1 fully saturated rings. The molecule has 2 aromatic carbocycles. The summed E-state index contributed by atoms with van der Waals surface area (Å²) >= 11 is 6.04. The van der Waals surface area contributed by atoms with Crippen LogP contribution in [0, 0.1) is 0 Å². The number of carbonyl (C=O) groups excluding carboxylic acids is 1. The second kappa shape index (κ2) is 9.94. The third-order valence-corrected chi connectivity index (χ3v) is 5.77. The zero-order valence-electron chi connectivity index (χ0n) is 17.6. The highest BCUT2D eigenvalue weighted by molar-refractivity contribution is 6.30. The number of rotatable bonds is 6. The molecule has 0 radical (unpaired) electrons. The fourth-order valence-corrected chi connectivity index (χ4v) is 3.99. The summed E-state index contributed by atoms with van der Waals surface area (Å²) in [6, 6.07) is 19.7. The Balaban J connectivity index is 1.38. The average molecular weight is 436 g/mol. The van der Waals surface area contributed by atoms with Crippen molar-refractivity contribution in [1.29, 1.82) is 0 Å². The summed E-state index contributed by atoms with van der Waals surface area (Å²) in [4.78, 5) is 21.3. The van der Waals surface area contributed by atoms with E-state index >= 15 is 0 Å². The Kier molecular flexibility index (Phi) is 6.85. The molecule has 0 aliphatic carbocycles. The molecule has 3 aromatic rings. The van der Waals surface area contributed by atoms with Gasteiger partial charge < -0.3 is 9.64 Å². The molecule has 1 aliphatic rings. The highest BCUT2D eigenvalue weighted by Gasteiger charge is 2.19. The fourth-order valence-electron chi connectivity index (χ4n) is 3.86. The Labute approximate surface area is 188 Å². The Morgan fingerprint density at radius 2 is 1.71 bits per heavy atom. The first-order chi connectivity index (χ1) is 15.1. The number of nitrogens with zero attached hydrogens (tertiary/aromatic N) is 3. The number of benzene rings is 2. The molecule has 0 N–H and O–H groups in total. The molecule has 0 saturated carbocycles. The maximum Gasteiger partial charge on any atom is 0.338 e. The Morgan fingerprint density at radius 3 is 2.39 bits per heavy atom. The number of halogens is 1. The van der Waals surface area contributed by atoms with Gasteiger partial charge in [-0.1, -0.05) is 29.8 Å². The zero-order valence-corrected chi connectivity index (χ0v) is 18.4. The van der Waals surface area contributed by atoms with Gasteiger partial charge in [-0.3, -0.25) is 9.88 Å². The van der Waals surface area contributed by atoms with Gasteiger partial charge in [0, 0.05) is 55.2 Å². The monoisotopic (exact) mass is 435 g/mol. The van der Waals surface area contributed by atoms with E-state index in [2.05, 4.69) is 20.9 Å². The molecule has 0 amide bonds. The number of carbonyl (C=O) groups is 1. The predicted octanol–water partition coefficient (Wildman–Crippen LogP) is 4.90. The molecule has 2 heterocycles. The van der Waals surface area contributed by atoms with Crippen LogP contribution in [0.2, 0.25) is 5.02 Å². The number of hydrogen-bond donors (Lipinski definition) is 0. The summed E-state index contributed by atoms with van der Waals surface area (Å²) in [5.74, 6) is -0.271. The molecule has 0 unspecified atom stereocenters. The Bertz CT molecular complexity index is 1010. The lowest BCUT2D eigenvalue weighted by Gasteiger charge is -2.36. The molecule has 0 bridgehead atoms. The van der Waals surface area contributed by atoms with Crippen molar-refractivity contribution in [2.75, 3.05) is 37.7 Å². The predicted molar refractivity (Wildman–Crippen MR) is 125 cm³/mol. The first-order valence-electron chi connectivity index (χ1n) is 10.6. The van der Waals surface area contributed by atoms with E-state index in [1.807, 2.05) is 67.7 Å². The van der Waals surface area contributed by atoms with Gasteiger partial charge in [-0.05, 0) is 55.0 Å². The minimum atomic E-state index is -0.271. The summed E-state index contributed by atoms with van der Waals surface area (Å²) in [7, 11) is 0. The van der Waals surface area contributed by atoms with Crippen LogP contribution < -0.4 is 4.90 Å². The van der Waals surface area contributed by atoms with Gasteiger partial charge in [-0.25, -0.2) is 4.79 Å². The number of pyridine rings is 1. The van der Waals surface area contributed by atoms with Crippen LogP contribution in [0.5, 0.6) is 0 Å². The van der Waals surface area contributed by atoms with E-state index in [0.29, 0.717) is 12.2 Å². The molecular weight excluding hydrogens is 410 g/mol. The van der Waals surface area contributed by atoms with Crippen LogP contribution in [0.4, 0.5) is 5.69 Å². The maximum absolute atomic E-state index is 11.8. The maximum atomic E-state index is 11.8. The number of ether oxygens (including phenoxy) is 1. The number of anilines is 1. The SMILES string of the molecule is CCOC(=O)c1ccc(N2CCN(Cc3cccnc3-c3ccc(Cl)cc3)CC2)cc1. The second-order valence-corrected chi connectivity index (χ2v) is 7.99. The van der Waals surface area contributed by atoms with Crippen molar-refractivity contribution in [2.24, 2.45) is 0 Å². The molecule has 4 rings (SSSR count). The van der Waals surface area contributed by atoms with Gasteiger partial charge in [0.25, 0.3) is 0 Å². The Hall–Kier alpha value is -2.89. The quantitative estimate of drug-likeness (QED) is 0.515. The van der Waals surface area contributed by atoms with Crippen LogP contribution in [0.25, 0.3) is 11.3 Å². The van der Waals surface area contributed by atoms with E-state index in [9.17, 15) is 4.79 Å². The Morgan fingerprint density at radius 1 is 1.00 bits per heavy atom. The van der Waals surface area contributed by atoms with Crippen molar-refractivity contribution in [2.45, 2.75) is 13.5 Å². The van der Waals surface area contributed by atoms with Crippen molar-refractivity contribution >= 4 is 23.3 Å². The normalized spacial score (nSPS) is 14.5. The van der Waals surface area contributed by atoms with E-state index in [-0.39, 0.29) is 5.97 Å². The molecule has 1 aliphatic heterocycles.